The van der Waals surface area contributed by atoms with Gasteiger partial charge in [0.05, 0.1) is 0 Å². The van der Waals surface area contributed by atoms with Gasteiger partial charge in [0.25, 0.3) is 0 Å². The minimum absolute atomic E-state index is 0.143. The van der Waals surface area contributed by atoms with Crippen LogP contribution in [0.1, 0.15) is 24.8 Å². The molecule has 0 saturated carbocycles. The molecule has 1 aromatic rings. The Kier molecular flexibility index (Phi) is 3.83. The highest BCUT2D eigenvalue weighted by atomic mass is 35.5. The molecule has 0 unspecified atom stereocenters. The first-order valence-corrected chi connectivity index (χ1v) is 6.30. The summed E-state index contributed by atoms with van der Waals surface area (Å²) < 4.78 is 0. The average Bonchev–Trinajstić information content (AvgIpc) is 2.51. The summed E-state index contributed by atoms with van der Waals surface area (Å²) in [5, 5.41) is 0. The third-order valence-corrected chi connectivity index (χ3v) is 3.16. The van der Waals surface area contributed by atoms with E-state index >= 15 is 0 Å². The quantitative estimate of drug-likeness (QED) is 0.725. The van der Waals surface area contributed by atoms with E-state index < -0.39 is 0 Å². The van der Waals surface area contributed by atoms with Crippen LogP contribution < -0.4 is 4.90 Å². The highest BCUT2D eigenvalue weighted by Crippen LogP contribution is 2.26. The number of nitrogens with zero attached hydrogens (tertiary/aromatic N) is 1. The number of rotatable bonds is 2. The maximum Gasteiger partial charge on any atom is 0.228 e. The maximum atomic E-state index is 12.0. The van der Waals surface area contributed by atoms with Crippen LogP contribution in [-0.4, -0.2) is 18.3 Å². The van der Waals surface area contributed by atoms with Gasteiger partial charge in [-0.25, -0.2) is 0 Å². The van der Waals surface area contributed by atoms with E-state index in [1.807, 2.05) is 23.1 Å². The molecule has 86 valence electrons. The number of para-hydroxylation sites is 1. The molecule has 0 spiro atoms. The largest absolute Gasteiger partial charge is 0.312 e. The van der Waals surface area contributed by atoms with Gasteiger partial charge in [-0.2, -0.15) is 0 Å². The van der Waals surface area contributed by atoms with Crippen molar-refractivity contribution in [3.8, 4) is 0 Å². The number of hydrogen-bond acceptors (Lipinski definition) is 1. The van der Waals surface area contributed by atoms with Crippen molar-refractivity contribution in [2.45, 2.75) is 25.7 Å². The van der Waals surface area contributed by atoms with Crippen molar-refractivity contribution >= 4 is 23.2 Å². The fourth-order valence-corrected chi connectivity index (χ4v) is 2.33. The molecule has 16 heavy (non-hydrogen) atoms. The second-order valence-electron chi connectivity index (χ2n) is 4.07. The van der Waals surface area contributed by atoms with Crippen molar-refractivity contribution in [3.63, 3.8) is 0 Å². The van der Waals surface area contributed by atoms with Crippen LogP contribution in [0.3, 0.4) is 0 Å². The zero-order valence-corrected chi connectivity index (χ0v) is 10.0. The van der Waals surface area contributed by atoms with Crippen LogP contribution in [0.25, 0.3) is 0 Å². The van der Waals surface area contributed by atoms with Crippen molar-refractivity contribution < 1.29 is 4.79 Å². The van der Waals surface area contributed by atoms with E-state index in [-0.39, 0.29) is 5.91 Å². The Morgan fingerprint density at radius 3 is 2.94 bits per heavy atom. The van der Waals surface area contributed by atoms with Crippen molar-refractivity contribution in [2.75, 3.05) is 17.3 Å². The van der Waals surface area contributed by atoms with Gasteiger partial charge in [0.2, 0.25) is 5.91 Å². The minimum Gasteiger partial charge on any atom is -0.312 e. The van der Waals surface area contributed by atoms with E-state index in [0.717, 1.165) is 31.5 Å². The van der Waals surface area contributed by atoms with Crippen LogP contribution in [0.5, 0.6) is 0 Å². The molecule has 1 aliphatic heterocycles. The van der Waals surface area contributed by atoms with Crippen molar-refractivity contribution in [3.05, 3.63) is 29.8 Å². The molecule has 0 N–H and O–H groups in total. The van der Waals surface area contributed by atoms with E-state index in [4.69, 9.17) is 11.6 Å². The maximum absolute atomic E-state index is 12.0. The molecule has 1 amide bonds. The predicted molar refractivity (Wildman–Crippen MR) is 67.1 cm³/mol. The lowest BCUT2D eigenvalue weighted by molar-refractivity contribution is -0.118. The number of aryl methyl sites for hydroxylation is 1. The Morgan fingerprint density at radius 2 is 2.12 bits per heavy atom. The van der Waals surface area contributed by atoms with E-state index in [1.54, 1.807) is 0 Å². The summed E-state index contributed by atoms with van der Waals surface area (Å²) in [6.07, 6.45) is 3.72. The molecule has 1 heterocycles. The molecule has 1 aliphatic rings. The van der Waals surface area contributed by atoms with Crippen molar-refractivity contribution in [1.29, 1.82) is 0 Å². The van der Waals surface area contributed by atoms with Gasteiger partial charge in [0.1, 0.15) is 0 Å². The van der Waals surface area contributed by atoms with Gasteiger partial charge in [0, 0.05) is 24.5 Å². The van der Waals surface area contributed by atoms with Crippen LogP contribution in [0.15, 0.2) is 24.3 Å². The Labute approximate surface area is 101 Å². The monoisotopic (exact) mass is 237 g/mol. The number of amides is 1. The number of alkyl halides is 1. The summed E-state index contributed by atoms with van der Waals surface area (Å²) in [7, 11) is 0. The average molecular weight is 238 g/mol. The van der Waals surface area contributed by atoms with Crippen LogP contribution in [0.4, 0.5) is 5.69 Å². The van der Waals surface area contributed by atoms with Crippen LogP contribution in [0.2, 0.25) is 0 Å². The van der Waals surface area contributed by atoms with Gasteiger partial charge in [0.15, 0.2) is 0 Å². The molecular formula is C13H16ClNO. The summed E-state index contributed by atoms with van der Waals surface area (Å²) >= 11 is 5.64. The number of anilines is 1. The molecule has 1 aromatic carbocycles. The predicted octanol–water partition coefficient (Wildman–Crippen LogP) is 2.98. The molecule has 0 bridgehead atoms. The summed E-state index contributed by atoms with van der Waals surface area (Å²) in [6.45, 7) is 0.826. The van der Waals surface area contributed by atoms with Crippen molar-refractivity contribution in [2.24, 2.45) is 0 Å². The first-order chi connectivity index (χ1) is 7.83. The Bertz CT molecular complexity index is 378. The molecule has 2 rings (SSSR count). The summed E-state index contributed by atoms with van der Waals surface area (Å²) in [4.78, 5) is 13.8. The van der Waals surface area contributed by atoms with E-state index in [1.165, 1.54) is 5.56 Å². The number of benzene rings is 1. The zero-order chi connectivity index (χ0) is 11.4. The normalized spacial score (nSPS) is 15.4. The molecular weight excluding hydrogens is 222 g/mol. The van der Waals surface area contributed by atoms with Crippen LogP contribution in [-0.2, 0) is 11.2 Å². The molecule has 0 saturated heterocycles. The number of hydrogen-bond donors (Lipinski definition) is 0. The number of carbonyl (C=O) groups excluding carboxylic acids is 1. The van der Waals surface area contributed by atoms with E-state index in [0.29, 0.717) is 12.3 Å². The molecule has 2 nitrogen and oxygen atoms in total. The number of carbonyl (C=O) groups is 1. The van der Waals surface area contributed by atoms with E-state index in [2.05, 4.69) is 6.07 Å². The SMILES string of the molecule is O=C(CCCl)N1CCCCc2ccccc21. The van der Waals surface area contributed by atoms with Gasteiger partial charge in [-0.1, -0.05) is 18.2 Å². The topological polar surface area (TPSA) is 20.3 Å². The lowest BCUT2D eigenvalue weighted by atomic mass is 10.1. The zero-order valence-electron chi connectivity index (χ0n) is 9.29. The molecule has 0 aliphatic carbocycles. The number of fused-ring (bicyclic) bond motifs is 1. The lowest BCUT2D eigenvalue weighted by Crippen LogP contribution is -2.31. The summed E-state index contributed by atoms with van der Waals surface area (Å²) in [5.41, 5.74) is 2.36. The third kappa shape index (κ3) is 2.38. The minimum atomic E-state index is 0.143. The summed E-state index contributed by atoms with van der Waals surface area (Å²) in [6, 6.07) is 8.17. The molecule has 0 aromatic heterocycles. The molecule has 3 heteroatoms. The Morgan fingerprint density at radius 1 is 1.31 bits per heavy atom. The Hall–Kier alpha value is -1.02. The highest BCUT2D eigenvalue weighted by molar-refractivity contribution is 6.19. The van der Waals surface area contributed by atoms with Gasteiger partial charge >= 0.3 is 0 Å². The van der Waals surface area contributed by atoms with Gasteiger partial charge in [-0.05, 0) is 30.9 Å². The second kappa shape index (κ2) is 5.35. The smallest absolute Gasteiger partial charge is 0.228 e. The van der Waals surface area contributed by atoms with E-state index in [9.17, 15) is 4.79 Å². The first kappa shape index (κ1) is 11.5. The van der Waals surface area contributed by atoms with Gasteiger partial charge in [-0.15, -0.1) is 11.6 Å². The lowest BCUT2D eigenvalue weighted by Gasteiger charge is -2.22. The molecule has 0 fully saturated rings. The standard InChI is InChI=1S/C13H16ClNO/c14-9-8-13(16)15-10-4-3-6-11-5-1-2-7-12(11)15/h1-2,5,7H,3-4,6,8-10H2. The summed E-state index contributed by atoms with van der Waals surface area (Å²) in [5.74, 6) is 0.543. The third-order valence-electron chi connectivity index (χ3n) is 2.97. The Balaban J connectivity index is 2.28. The van der Waals surface area contributed by atoms with Crippen LogP contribution >= 0.6 is 11.6 Å². The highest BCUT2D eigenvalue weighted by Gasteiger charge is 2.19. The number of halogens is 1. The first-order valence-electron chi connectivity index (χ1n) is 5.77. The van der Waals surface area contributed by atoms with Crippen LogP contribution in [0, 0.1) is 0 Å². The second-order valence-corrected chi connectivity index (χ2v) is 4.45. The fourth-order valence-electron chi connectivity index (χ4n) is 2.17. The van der Waals surface area contributed by atoms with Gasteiger partial charge < -0.3 is 4.90 Å². The van der Waals surface area contributed by atoms with Crippen molar-refractivity contribution in [1.82, 2.24) is 0 Å². The fraction of sp³-hybridized carbons (Fsp3) is 0.462. The van der Waals surface area contributed by atoms with Gasteiger partial charge in [-0.3, -0.25) is 4.79 Å². The molecule has 0 radical (unpaired) electrons. The molecule has 0 atom stereocenters.